The fourth-order valence-corrected chi connectivity index (χ4v) is 3.93. The van der Waals surface area contributed by atoms with Crippen LogP contribution < -0.4 is 10.9 Å². The number of benzene rings is 2. The summed E-state index contributed by atoms with van der Waals surface area (Å²) in [5.41, 5.74) is 3.01. The zero-order valence-corrected chi connectivity index (χ0v) is 17.9. The highest BCUT2D eigenvalue weighted by Gasteiger charge is 2.18. The van der Waals surface area contributed by atoms with Gasteiger partial charge in [-0.05, 0) is 18.9 Å². The standard InChI is InChI=1S/C23H22N4O2S/c1-14(2)12-27-22(29)18-7-5-4-6-17(18)20(26-27)21(28)25-23-24-19(13-30-23)16-10-8-15(3)9-11-16/h4-11,13-14H,12H2,1-3H3,(H,24,25,28). The lowest BCUT2D eigenvalue weighted by atomic mass is 10.1. The number of aryl methyl sites for hydroxylation is 1. The number of nitrogens with zero attached hydrogens (tertiary/aromatic N) is 3. The number of rotatable bonds is 5. The van der Waals surface area contributed by atoms with Gasteiger partial charge in [0.1, 0.15) is 0 Å². The second-order valence-corrected chi connectivity index (χ2v) is 8.49. The molecule has 0 bridgehead atoms. The van der Waals surface area contributed by atoms with Gasteiger partial charge in [0, 0.05) is 22.9 Å². The first kappa shape index (κ1) is 20.0. The molecule has 0 spiro atoms. The lowest BCUT2D eigenvalue weighted by Gasteiger charge is -2.12. The van der Waals surface area contributed by atoms with Gasteiger partial charge in [0.2, 0.25) is 0 Å². The number of hydrogen-bond acceptors (Lipinski definition) is 5. The molecule has 7 heteroatoms. The molecule has 2 aromatic heterocycles. The summed E-state index contributed by atoms with van der Waals surface area (Å²) < 4.78 is 1.38. The van der Waals surface area contributed by atoms with E-state index in [1.807, 2.05) is 50.4 Å². The van der Waals surface area contributed by atoms with Gasteiger partial charge < -0.3 is 0 Å². The predicted octanol–water partition coefficient (Wildman–Crippen LogP) is 4.74. The van der Waals surface area contributed by atoms with Gasteiger partial charge in [0.25, 0.3) is 11.5 Å². The van der Waals surface area contributed by atoms with E-state index in [0.29, 0.717) is 22.4 Å². The van der Waals surface area contributed by atoms with Crippen LogP contribution in [0.1, 0.15) is 29.9 Å². The highest BCUT2D eigenvalue weighted by Crippen LogP contribution is 2.26. The Bertz CT molecular complexity index is 1270. The number of hydrogen-bond donors (Lipinski definition) is 1. The maximum absolute atomic E-state index is 13.0. The molecule has 0 aliphatic carbocycles. The minimum Gasteiger partial charge on any atom is -0.296 e. The van der Waals surface area contributed by atoms with Crippen molar-refractivity contribution in [2.75, 3.05) is 5.32 Å². The summed E-state index contributed by atoms with van der Waals surface area (Å²) in [6.45, 7) is 6.49. The van der Waals surface area contributed by atoms with Crippen LogP contribution in [0.5, 0.6) is 0 Å². The van der Waals surface area contributed by atoms with Crippen molar-refractivity contribution >= 4 is 33.1 Å². The van der Waals surface area contributed by atoms with Crippen molar-refractivity contribution in [2.45, 2.75) is 27.3 Å². The third kappa shape index (κ3) is 4.02. The van der Waals surface area contributed by atoms with Gasteiger partial charge in [-0.25, -0.2) is 9.67 Å². The van der Waals surface area contributed by atoms with Crippen LogP contribution in [0, 0.1) is 12.8 Å². The molecule has 0 unspecified atom stereocenters. The molecule has 30 heavy (non-hydrogen) atoms. The largest absolute Gasteiger partial charge is 0.296 e. The fourth-order valence-electron chi connectivity index (χ4n) is 3.22. The molecule has 0 radical (unpaired) electrons. The molecule has 0 fully saturated rings. The Labute approximate surface area is 178 Å². The van der Waals surface area contributed by atoms with E-state index < -0.39 is 0 Å². The molecule has 0 aliphatic heterocycles. The van der Waals surface area contributed by atoms with E-state index in [9.17, 15) is 9.59 Å². The molecule has 4 aromatic rings. The van der Waals surface area contributed by atoms with Crippen LogP contribution >= 0.6 is 11.3 Å². The Morgan fingerprint density at radius 3 is 2.50 bits per heavy atom. The SMILES string of the molecule is Cc1ccc(-c2csc(NC(=O)c3nn(CC(C)C)c(=O)c4ccccc34)n2)cc1. The average Bonchev–Trinajstić information content (AvgIpc) is 3.18. The quantitative estimate of drug-likeness (QED) is 0.508. The monoisotopic (exact) mass is 418 g/mol. The maximum Gasteiger partial charge on any atom is 0.278 e. The smallest absolute Gasteiger partial charge is 0.278 e. The summed E-state index contributed by atoms with van der Waals surface area (Å²) in [6.07, 6.45) is 0. The van der Waals surface area contributed by atoms with E-state index >= 15 is 0 Å². The van der Waals surface area contributed by atoms with E-state index in [-0.39, 0.29) is 23.1 Å². The average molecular weight is 419 g/mol. The molecule has 0 atom stereocenters. The van der Waals surface area contributed by atoms with Crippen LogP contribution in [0.3, 0.4) is 0 Å². The van der Waals surface area contributed by atoms with Gasteiger partial charge in [-0.15, -0.1) is 11.3 Å². The minimum atomic E-state index is -0.381. The minimum absolute atomic E-state index is 0.188. The van der Waals surface area contributed by atoms with Crippen LogP contribution in [-0.4, -0.2) is 20.7 Å². The van der Waals surface area contributed by atoms with Crippen molar-refractivity contribution in [3.63, 3.8) is 0 Å². The van der Waals surface area contributed by atoms with Crippen molar-refractivity contribution in [3.8, 4) is 11.3 Å². The van der Waals surface area contributed by atoms with Crippen LogP contribution in [0.4, 0.5) is 5.13 Å². The number of nitrogens with one attached hydrogen (secondary N) is 1. The number of anilines is 1. The topological polar surface area (TPSA) is 76.9 Å². The lowest BCUT2D eigenvalue weighted by Crippen LogP contribution is -2.29. The predicted molar refractivity (Wildman–Crippen MR) is 121 cm³/mol. The second-order valence-electron chi connectivity index (χ2n) is 7.63. The van der Waals surface area contributed by atoms with Crippen molar-refractivity contribution in [2.24, 2.45) is 5.92 Å². The summed E-state index contributed by atoms with van der Waals surface area (Å²) in [5, 5.41) is 10.6. The molecule has 6 nitrogen and oxygen atoms in total. The first-order chi connectivity index (χ1) is 14.4. The Morgan fingerprint density at radius 1 is 1.10 bits per heavy atom. The van der Waals surface area contributed by atoms with Crippen molar-refractivity contribution in [1.82, 2.24) is 14.8 Å². The van der Waals surface area contributed by atoms with E-state index in [4.69, 9.17) is 0 Å². The second kappa shape index (κ2) is 8.20. The highest BCUT2D eigenvalue weighted by atomic mass is 32.1. The Kier molecular flexibility index (Phi) is 5.46. The fraction of sp³-hybridized carbons (Fsp3) is 0.217. The summed E-state index contributed by atoms with van der Waals surface area (Å²) in [5.74, 6) is -0.156. The van der Waals surface area contributed by atoms with Crippen LogP contribution in [-0.2, 0) is 6.54 Å². The summed E-state index contributed by atoms with van der Waals surface area (Å²) in [7, 11) is 0. The van der Waals surface area contributed by atoms with Crippen molar-refractivity contribution < 1.29 is 4.79 Å². The number of amides is 1. The molecule has 1 N–H and O–H groups in total. The maximum atomic E-state index is 13.0. The lowest BCUT2D eigenvalue weighted by molar-refractivity contribution is 0.102. The van der Waals surface area contributed by atoms with Crippen LogP contribution in [0.25, 0.3) is 22.0 Å². The molecule has 2 heterocycles. The summed E-state index contributed by atoms with van der Waals surface area (Å²) >= 11 is 1.36. The van der Waals surface area contributed by atoms with E-state index in [1.165, 1.54) is 21.6 Å². The van der Waals surface area contributed by atoms with E-state index in [2.05, 4.69) is 15.4 Å². The normalized spacial score (nSPS) is 11.2. The van der Waals surface area contributed by atoms with Gasteiger partial charge in [0.15, 0.2) is 10.8 Å². The Morgan fingerprint density at radius 2 is 1.80 bits per heavy atom. The number of fused-ring (bicyclic) bond motifs is 1. The van der Waals surface area contributed by atoms with Gasteiger partial charge in [-0.3, -0.25) is 14.9 Å². The zero-order valence-electron chi connectivity index (χ0n) is 17.0. The highest BCUT2D eigenvalue weighted by molar-refractivity contribution is 7.14. The molecule has 1 amide bonds. The third-order valence-electron chi connectivity index (χ3n) is 4.69. The van der Waals surface area contributed by atoms with Gasteiger partial charge >= 0.3 is 0 Å². The summed E-state index contributed by atoms with van der Waals surface area (Å²) in [4.78, 5) is 30.3. The van der Waals surface area contributed by atoms with Crippen LogP contribution in [0.15, 0.2) is 58.7 Å². The number of thiazole rings is 1. The zero-order chi connectivity index (χ0) is 21.3. The summed E-state index contributed by atoms with van der Waals surface area (Å²) in [6, 6.07) is 15.1. The van der Waals surface area contributed by atoms with Crippen molar-refractivity contribution in [3.05, 3.63) is 75.5 Å². The van der Waals surface area contributed by atoms with Crippen molar-refractivity contribution in [1.29, 1.82) is 0 Å². The Balaban J connectivity index is 1.67. The molecule has 0 saturated heterocycles. The molecule has 2 aromatic carbocycles. The van der Waals surface area contributed by atoms with E-state index in [1.54, 1.807) is 24.3 Å². The Hall–Kier alpha value is -3.32. The molecule has 0 aliphatic rings. The third-order valence-corrected chi connectivity index (χ3v) is 5.45. The first-order valence-electron chi connectivity index (χ1n) is 9.76. The number of carbonyl (C=O) groups is 1. The van der Waals surface area contributed by atoms with Gasteiger partial charge in [0.05, 0.1) is 11.1 Å². The molecular weight excluding hydrogens is 396 g/mol. The molecular formula is C23H22N4O2S. The molecule has 152 valence electrons. The van der Waals surface area contributed by atoms with Gasteiger partial charge in [-0.1, -0.05) is 61.9 Å². The number of carbonyl (C=O) groups excluding carboxylic acids is 1. The van der Waals surface area contributed by atoms with Gasteiger partial charge in [-0.2, -0.15) is 5.10 Å². The van der Waals surface area contributed by atoms with Crippen LogP contribution in [0.2, 0.25) is 0 Å². The number of aromatic nitrogens is 3. The first-order valence-corrected chi connectivity index (χ1v) is 10.6. The molecule has 0 saturated carbocycles. The molecule has 4 rings (SSSR count). The van der Waals surface area contributed by atoms with E-state index in [0.717, 1.165) is 11.3 Å².